The molecular weight excluding hydrogens is 292 g/mol. The molecule has 1 fully saturated rings. The van der Waals surface area contributed by atoms with Gasteiger partial charge in [-0.15, -0.1) is 0 Å². The van der Waals surface area contributed by atoms with Crippen LogP contribution in [0.1, 0.15) is 18.4 Å². The van der Waals surface area contributed by atoms with E-state index < -0.39 is 0 Å². The highest BCUT2D eigenvalue weighted by molar-refractivity contribution is 5.94. The molecule has 3 rings (SSSR count). The molecule has 6 heteroatoms. The molecule has 0 bridgehead atoms. The molecule has 1 aromatic carbocycles. The Morgan fingerprint density at radius 3 is 3.00 bits per heavy atom. The van der Waals surface area contributed by atoms with E-state index in [9.17, 15) is 9.90 Å². The lowest BCUT2D eigenvalue weighted by atomic mass is 9.97. The van der Waals surface area contributed by atoms with Crippen molar-refractivity contribution in [1.82, 2.24) is 9.97 Å². The second kappa shape index (κ2) is 6.64. The maximum atomic E-state index is 12.5. The van der Waals surface area contributed by atoms with Crippen molar-refractivity contribution < 1.29 is 9.90 Å². The average Bonchev–Trinajstić information content (AvgIpc) is 2.58. The molecule has 0 radical (unpaired) electrons. The first-order valence-electron chi connectivity index (χ1n) is 7.75. The molecule has 2 N–H and O–H groups in total. The number of aromatic hydroxyl groups is 1. The van der Waals surface area contributed by atoms with Crippen molar-refractivity contribution in [3.8, 4) is 5.75 Å². The number of phenolic OH excluding ortho intramolecular Hbond substituents is 1. The molecule has 2 heterocycles. The third kappa shape index (κ3) is 3.59. The number of anilines is 2. The van der Waals surface area contributed by atoms with Gasteiger partial charge < -0.3 is 15.3 Å². The Labute approximate surface area is 135 Å². The topological polar surface area (TPSA) is 78.4 Å². The zero-order valence-electron chi connectivity index (χ0n) is 13.1. The fourth-order valence-corrected chi connectivity index (χ4v) is 2.84. The van der Waals surface area contributed by atoms with Crippen LogP contribution in [-0.4, -0.2) is 34.1 Å². The van der Waals surface area contributed by atoms with Crippen molar-refractivity contribution in [2.45, 2.75) is 19.8 Å². The Morgan fingerprint density at radius 1 is 1.39 bits per heavy atom. The number of benzene rings is 1. The van der Waals surface area contributed by atoms with Crippen molar-refractivity contribution in [2.24, 2.45) is 5.92 Å². The van der Waals surface area contributed by atoms with Gasteiger partial charge in [-0.1, -0.05) is 6.07 Å². The summed E-state index contributed by atoms with van der Waals surface area (Å²) >= 11 is 0. The van der Waals surface area contributed by atoms with Gasteiger partial charge in [0.1, 0.15) is 11.6 Å². The Balaban J connectivity index is 1.67. The second-order valence-corrected chi connectivity index (χ2v) is 5.86. The van der Waals surface area contributed by atoms with Crippen molar-refractivity contribution in [3.63, 3.8) is 0 Å². The highest BCUT2D eigenvalue weighted by Crippen LogP contribution is 2.26. The lowest BCUT2D eigenvalue weighted by Crippen LogP contribution is -2.41. The molecule has 0 aliphatic carbocycles. The molecule has 1 aliphatic heterocycles. The zero-order chi connectivity index (χ0) is 16.2. The zero-order valence-corrected chi connectivity index (χ0v) is 13.1. The van der Waals surface area contributed by atoms with Crippen molar-refractivity contribution in [1.29, 1.82) is 0 Å². The third-order valence-corrected chi connectivity index (χ3v) is 4.08. The molecule has 2 aromatic rings. The first-order valence-corrected chi connectivity index (χ1v) is 7.75. The largest absolute Gasteiger partial charge is 0.506 e. The van der Waals surface area contributed by atoms with Crippen molar-refractivity contribution in [2.75, 3.05) is 23.3 Å². The van der Waals surface area contributed by atoms with E-state index in [0.29, 0.717) is 12.2 Å². The predicted octanol–water partition coefficient (Wildman–Crippen LogP) is 2.35. The summed E-state index contributed by atoms with van der Waals surface area (Å²) in [6.07, 6.45) is 6.76. The first-order chi connectivity index (χ1) is 11.1. The highest BCUT2D eigenvalue weighted by Gasteiger charge is 2.27. The molecular formula is C17H20N4O2. The average molecular weight is 312 g/mol. The fourth-order valence-electron chi connectivity index (χ4n) is 2.84. The van der Waals surface area contributed by atoms with Gasteiger partial charge in [0.2, 0.25) is 5.91 Å². The number of carbonyl (C=O) groups is 1. The van der Waals surface area contributed by atoms with Gasteiger partial charge in [0.15, 0.2) is 0 Å². The SMILES string of the molecule is Cc1ccc(NC(=O)C2CCCN(c3cnccn3)C2)c(O)c1. The summed E-state index contributed by atoms with van der Waals surface area (Å²) in [5.74, 6) is 0.687. The van der Waals surface area contributed by atoms with Crippen LogP contribution in [0.15, 0.2) is 36.8 Å². The molecule has 0 saturated carbocycles. The molecule has 1 aromatic heterocycles. The summed E-state index contributed by atoms with van der Waals surface area (Å²) in [5.41, 5.74) is 1.41. The van der Waals surface area contributed by atoms with E-state index >= 15 is 0 Å². The van der Waals surface area contributed by atoms with Gasteiger partial charge in [-0.25, -0.2) is 4.98 Å². The predicted molar refractivity (Wildman–Crippen MR) is 88.4 cm³/mol. The summed E-state index contributed by atoms with van der Waals surface area (Å²) in [7, 11) is 0. The summed E-state index contributed by atoms with van der Waals surface area (Å²) in [6, 6.07) is 5.23. The highest BCUT2D eigenvalue weighted by atomic mass is 16.3. The first kappa shape index (κ1) is 15.3. The van der Waals surface area contributed by atoms with E-state index in [1.165, 1.54) is 0 Å². The number of aromatic nitrogens is 2. The van der Waals surface area contributed by atoms with E-state index in [4.69, 9.17) is 0 Å². The standard InChI is InChI=1S/C17H20N4O2/c1-12-4-5-14(15(22)9-12)20-17(23)13-3-2-8-21(11-13)16-10-18-6-7-19-16/h4-7,9-10,13,22H,2-3,8,11H2,1H3,(H,20,23). The molecule has 1 amide bonds. The lowest BCUT2D eigenvalue weighted by Gasteiger charge is -2.32. The van der Waals surface area contributed by atoms with Crippen LogP contribution in [-0.2, 0) is 4.79 Å². The van der Waals surface area contributed by atoms with Crippen LogP contribution in [0, 0.1) is 12.8 Å². The van der Waals surface area contributed by atoms with Gasteiger partial charge in [-0.05, 0) is 37.5 Å². The molecule has 6 nitrogen and oxygen atoms in total. The number of aryl methyl sites for hydroxylation is 1. The smallest absolute Gasteiger partial charge is 0.229 e. The van der Waals surface area contributed by atoms with E-state index in [-0.39, 0.29) is 17.6 Å². The maximum absolute atomic E-state index is 12.5. The molecule has 1 unspecified atom stereocenters. The van der Waals surface area contributed by atoms with Crippen LogP contribution >= 0.6 is 0 Å². The van der Waals surface area contributed by atoms with E-state index in [1.54, 1.807) is 30.7 Å². The van der Waals surface area contributed by atoms with Crippen LogP contribution in [0.3, 0.4) is 0 Å². The van der Waals surface area contributed by atoms with Gasteiger partial charge in [-0.2, -0.15) is 0 Å². The summed E-state index contributed by atoms with van der Waals surface area (Å²) in [5, 5.41) is 12.8. The summed E-state index contributed by atoms with van der Waals surface area (Å²) in [6.45, 7) is 3.38. The number of hydrogen-bond donors (Lipinski definition) is 2. The Bertz CT molecular complexity index is 690. The second-order valence-electron chi connectivity index (χ2n) is 5.86. The normalized spacial score (nSPS) is 17.8. The van der Waals surface area contributed by atoms with Crippen molar-refractivity contribution in [3.05, 3.63) is 42.4 Å². The minimum absolute atomic E-state index is 0.0715. The molecule has 1 atom stereocenters. The quantitative estimate of drug-likeness (QED) is 0.851. The number of nitrogens with one attached hydrogen (secondary N) is 1. The van der Waals surface area contributed by atoms with E-state index in [0.717, 1.165) is 30.8 Å². The van der Waals surface area contributed by atoms with Gasteiger partial charge >= 0.3 is 0 Å². The van der Waals surface area contributed by atoms with Crippen LogP contribution in [0.25, 0.3) is 0 Å². The lowest BCUT2D eigenvalue weighted by molar-refractivity contribution is -0.120. The van der Waals surface area contributed by atoms with E-state index in [1.807, 2.05) is 13.0 Å². The van der Waals surface area contributed by atoms with Crippen LogP contribution < -0.4 is 10.2 Å². The molecule has 1 saturated heterocycles. The number of amides is 1. The number of rotatable bonds is 3. The Hall–Kier alpha value is -2.63. The number of nitrogens with zero attached hydrogens (tertiary/aromatic N) is 3. The molecule has 1 aliphatic rings. The molecule has 23 heavy (non-hydrogen) atoms. The van der Waals surface area contributed by atoms with Crippen LogP contribution in [0.5, 0.6) is 5.75 Å². The molecule has 0 spiro atoms. The summed E-state index contributed by atoms with van der Waals surface area (Å²) < 4.78 is 0. The van der Waals surface area contributed by atoms with Gasteiger partial charge in [0.25, 0.3) is 0 Å². The number of piperidine rings is 1. The maximum Gasteiger partial charge on any atom is 0.229 e. The van der Waals surface area contributed by atoms with Crippen LogP contribution in [0.4, 0.5) is 11.5 Å². The Morgan fingerprint density at radius 2 is 2.26 bits per heavy atom. The van der Waals surface area contributed by atoms with Gasteiger partial charge in [-0.3, -0.25) is 9.78 Å². The minimum atomic E-state index is -0.133. The van der Waals surface area contributed by atoms with Crippen LogP contribution in [0.2, 0.25) is 0 Å². The fraction of sp³-hybridized carbons (Fsp3) is 0.353. The number of hydrogen-bond acceptors (Lipinski definition) is 5. The number of phenols is 1. The Kier molecular flexibility index (Phi) is 4.41. The monoisotopic (exact) mass is 312 g/mol. The van der Waals surface area contributed by atoms with Gasteiger partial charge in [0, 0.05) is 25.5 Å². The number of carbonyl (C=O) groups excluding carboxylic acids is 1. The van der Waals surface area contributed by atoms with Gasteiger partial charge in [0.05, 0.1) is 17.8 Å². The third-order valence-electron chi connectivity index (χ3n) is 4.08. The molecule has 120 valence electrons. The van der Waals surface area contributed by atoms with E-state index in [2.05, 4.69) is 20.2 Å². The van der Waals surface area contributed by atoms with Crippen molar-refractivity contribution >= 4 is 17.4 Å². The minimum Gasteiger partial charge on any atom is -0.506 e. The summed E-state index contributed by atoms with van der Waals surface area (Å²) in [4.78, 5) is 23.0.